The molecule has 4 aliphatic carbocycles. The molecule has 0 radical (unpaired) electrons. The molecule has 0 atom stereocenters. The van der Waals surface area contributed by atoms with E-state index in [1.807, 2.05) is 7.11 Å². The zero-order chi connectivity index (χ0) is 23.0. The Balaban J connectivity index is 1.87. The van der Waals surface area contributed by atoms with Crippen LogP contribution in [-0.2, 0) is 17.3 Å². The highest BCUT2D eigenvalue weighted by atomic mass is 16.5. The molecule has 0 saturated heterocycles. The molecule has 0 heterocycles. The van der Waals surface area contributed by atoms with Crippen molar-refractivity contribution < 1.29 is 4.74 Å². The van der Waals surface area contributed by atoms with Gasteiger partial charge in [0.1, 0.15) is 5.75 Å². The third-order valence-corrected chi connectivity index (χ3v) is 8.16. The van der Waals surface area contributed by atoms with E-state index in [4.69, 9.17) is 4.74 Å². The molecule has 0 aromatic heterocycles. The fourth-order valence-corrected chi connectivity index (χ4v) is 6.59. The van der Waals surface area contributed by atoms with Crippen LogP contribution in [0.15, 0.2) is 23.8 Å². The molecule has 1 fully saturated rings. The summed E-state index contributed by atoms with van der Waals surface area (Å²) in [5.41, 5.74) is 13.5. The topological polar surface area (TPSA) is 9.23 Å². The molecule has 1 saturated carbocycles. The quantitative estimate of drug-likeness (QED) is 0.465. The van der Waals surface area contributed by atoms with Gasteiger partial charge in [-0.2, -0.15) is 0 Å². The maximum absolute atomic E-state index is 6.08. The van der Waals surface area contributed by atoms with Gasteiger partial charge in [-0.15, -0.1) is 0 Å². The van der Waals surface area contributed by atoms with Crippen molar-refractivity contribution >= 4 is 6.08 Å². The van der Waals surface area contributed by atoms with Gasteiger partial charge in [0.2, 0.25) is 0 Å². The number of fused-ring (bicyclic) bond motifs is 3. The Kier molecular flexibility index (Phi) is 4.93. The fourth-order valence-electron chi connectivity index (χ4n) is 6.59. The molecule has 32 heavy (non-hydrogen) atoms. The molecule has 6 rings (SSSR count). The van der Waals surface area contributed by atoms with Gasteiger partial charge in [0.15, 0.2) is 0 Å². The van der Waals surface area contributed by atoms with Crippen molar-refractivity contribution in [3.8, 4) is 16.9 Å². The molecular formula is C31H40O. The van der Waals surface area contributed by atoms with E-state index >= 15 is 0 Å². The summed E-state index contributed by atoms with van der Waals surface area (Å²) in [5.74, 6) is 2.56. The van der Waals surface area contributed by atoms with Gasteiger partial charge in [0.25, 0.3) is 0 Å². The first-order chi connectivity index (χ1) is 15.0. The van der Waals surface area contributed by atoms with Crippen molar-refractivity contribution in [2.24, 2.45) is 0 Å². The van der Waals surface area contributed by atoms with Crippen molar-refractivity contribution in [3.63, 3.8) is 0 Å². The van der Waals surface area contributed by atoms with E-state index in [2.05, 4.69) is 72.7 Å². The van der Waals surface area contributed by atoms with E-state index in [9.17, 15) is 0 Å². The lowest BCUT2D eigenvalue weighted by Gasteiger charge is -2.41. The fraction of sp³-hybridized carbons (Fsp3) is 0.548. The standard InChI is InChI=1S/C31H40O/c1-18-13-21-15-24-19-9-11-20(12-10-19)27(24)28(23(21)14-18)22-16-25(30(2,3)4)29(32-8)26(17-22)31(5,6)7/h14-17,19-20H,9-13H2,1-8H3. The van der Waals surface area contributed by atoms with Crippen LogP contribution < -0.4 is 4.74 Å². The molecule has 0 unspecified atom stereocenters. The number of methoxy groups -OCH3 is 1. The summed E-state index contributed by atoms with van der Waals surface area (Å²) < 4.78 is 6.08. The molecule has 2 bridgehead atoms. The van der Waals surface area contributed by atoms with E-state index < -0.39 is 0 Å². The third-order valence-electron chi connectivity index (χ3n) is 8.16. The largest absolute Gasteiger partial charge is 0.496 e. The minimum absolute atomic E-state index is 0.0180. The minimum atomic E-state index is 0.0180. The summed E-state index contributed by atoms with van der Waals surface area (Å²) in [5, 5.41) is 0. The average Bonchev–Trinajstić information content (AvgIpc) is 3.10. The van der Waals surface area contributed by atoms with Crippen molar-refractivity contribution in [1.82, 2.24) is 0 Å². The van der Waals surface area contributed by atoms with Crippen LogP contribution >= 0.6 is 0 Å². The summed E-state index contributed by atoms with van der Waals surface area (Å²) in [6.07, 6.45) is 9.07. The Labute approximate surface area is 195 Å². The van der Waals surface area contributed by atoms with Crippen LogP contribution in [-0.4, -0.2) is 7.11 Å². The zero-order valence-electron chi connectivity index (χ0n) is 21.4. The second kappa shape index (κ2) is 7.24. The van der Waals surface area contributed by atoms with Crippen molar-refractivity contribution in [3.05, 3.63) is 57.2 Å². The highest BCUT2D eigenvalue weighted by Gasteiger charge is 2.38. The predicted octanol–water partition coefficient (Wildman–Crippen LogP) is 8.67. The smallest absolute Gasteiger partial charge is 0.126 e. The number of hydrogen-bond donors (Lipinski definition) is 0. The lowest BCUT2D eigenvalue weighted by Crippen LogP contribution is -2.24. The molecule has 0 aliphatic heterocycles. The van der Waals surface area contributed by atoms with Gasteiger partial charge < -0.3 is 4.74 Å². The molecule has 170 valence electrons. The summed E-state index contributed by atoms with van der Waals surface area (Å²) in [7, 11) is 1.84. The maximum atomic E-state index is 6.08. The SMILES string of the molecule is COc1c(C(C)(C)C)cc(-c2c3c(cc4c2C2CCC4CC2)CC(C)=C3)cc1C(C)(C)C. The van der Waals surface area contributed by atoms with Gasteiger partial charge in [-0.05, 0) is 107 Å². The zero-order valence-corrected chi connectivity index (χ0v) is 21.4. The van der Waals surface area contributed by atoms with E-state index in [1.165, 1.54) is 53.5 Å². The monoisotopic (exact) mass is 428 g/mol. The lowest BCUT2D eigenvalue weighted by molar-refractivity contribution is 0.359. The van der Waals surface area contributed by atoms with Crippen LogP contribution in [0.5, 0.6) is 5.75 Å². The van der Waals surface area contributed by atoms with Crippen LogP contribution in [0.2, 0.25) is 0 Å². The van der Waals surface area contributed by atoms with E-state index in [-0.39, 0.29) is 10.8 Å². The van der Waals surface area contributed by atoms with Crippen LogP contribution in [0, 0.1) is 0 Å². The number of benzene rings is 2. The number of hydrogen-bond acceptors (Lipinski definition) is 1. The number of rotatable bonds is 2. The molecule has 0 N–H and O–H groups in total. The molecule has 1 heteroatoms. The minimum Gasteiger partial charge on any atom is -0.496 e. The van der Waals surface area contributed by atoms with Gasteiger partial charge in [-0.1, -0.05) is 59.3 Å². The molecule has 2 aromatic rings. The average molecular weight is 429 g/mol. The normalized spacial score (nSPS) is 21.9. The first-order valence-electron chi connectivity index (χ1n) is 12.6. The Bertz CT molecular complexity index is 1070. The molecule has 4 aliphatic rings. The summed E-state index contributed by atoms with van der Waals surface area (Å²) in [6, 6.07) is 7.53. The molecule has 1 nitrogen and oxygen atoms in total. The van der Waals surface area contributed by atoms with Gasteiger partial charge in [-0.3, -0.25) is 0 Å². The third kappa shape index (κ3) is 3.35. The van der Waals surface area contributed by atoms with Crippen LogP contribution in [0.1, 0.15) is 119 Å². The molecule has 0 spiro atoms. The maximum Gasteiger partial charge on any atom is 0.126 e. The van der Waals surface area contributed by atoms with Gasteiger partial charge in [0, 0.05) is 11.1 Å². The Hall–Kier alpha value is -2.02. The van der Waals surface area contributed by atoms with Crippen LogP contribution in [0.4, 0.5) is 0 Å². The Morgan fingerprint density at radius 2 is 1.38 bits per heavy atom. The van der Waals surface area contributed by atoms with Crippen molar-refractivity contribution in [2.75, 3.05) is 7.11 Å². The summed E-state index contributed by atoms with van der Waals surface area (Å²) >= 11 is 0. The van der Waals surface area contributed by atoms with E-state index in [0.717, 1.165) is 24.0 Å². The van der Waals surface area contributed by atoms with E-state index in [1.54, 1.807) is 22.3 Å². The second-order valence-electron chi connectivity index (χ2n) is 12.6. The highest BCUT2D eigenvalue weighted by molar-refractivity contribution is 5.86. The molecule has 2 aromatic carbocycles. The van der Waals surface area contributed by atoms with E-state index in [0.29, 0.717) is 0 Å². The van der Waals surface area contributed by atoms with Gasteiger partial charge >= 0.3 is 0 Å². The number of allylic oxidation sites excluding steroid dienone is 1. The first-order valence-corrected chi connectivity index (χ1v) is 12.6. The first kappa shape index (κ1) is 21.8. The summed E-state index contributed by atoms with van der Waals surface area (Å²) in [4.78, 5) is 0. The van der Waals surface area contributed by atoms with Crippen LogP contribution in [0.25, 0.3) is 17.2 Å². The Morgan fingerprint density at radius 3 is 1.91 bits per heavy atom. The second-order valence-corrected chi connectivity index (χ2v) is 12.6. The van der Waals surface area contributed by atoms with Crippen LogP contribution in [0.3, 0.4) is 0 Å². The molecular weight excluding hydrogens is 388 g/mol. The summed E-state index contributed by atoms with van der Waals surface area (Å²) in [6.45, 7) is 16.2. The highest BCUT2D eigenvalue weighted by Crippen LogP contribution is 2.55. The van der Waals surface area contributed by atoms with Gasteiger partial charge in [-0.25, -0.2) is 0 Å². The predicted molar refractivity (Wildman–Crippen MR) is 137 cm³/mol. The number of ether oxygens (including phenoxy) is 1. The van der Waals surface area contributed by atoms with Crippen molar-refractivity contribution in [1.29, 1.82) is 0 Å². The Morgan fingerprint density at radius 1 is 0.812 bits per heavy atom. The van der Waals surface area contributed by atoms with Crippen molar-refractivity contribution in [2.45, 2.75) is 103 Å². The van der Waals surface area contributed by atoms with Gasteiger partial charge in [0.05, 0.1) is 7.11 Å². The lowest BCUT2D eigenvalue weighted by atomic mass is 9.64. The molecule has 0 amide bonds.